The Morgan fingerprint density at radius 3 is 2.62 bits per heavy atom. The summed E-state index contributed by atoms with van der Waals surface area (Å²) in [6.07, 6.45) is 3.18. The van der Waals surface area contributed by atoms with E-state index in [9.17, 15) is 9.59 Å². The number of pyridine rings is 2. The van der Waals surface area contributed by atoms with E-state index in [0.717, 1.165) is 16.5 Å². The third-order valence-corrected chi connectivity index (χ3v) is 4.37. The average molecular weight is 349 g/mol. The van der Waals surface area contributed by atoms with Crippen LogP contribution < -0.4 is 5.56 Å². The topological polar surface area (TPSA) is 66.1 Å². The molecule has 1 N–H and O–H groups in total. The van der Waals surface area contributed by atoms with Gasteiger partial charge in [-0.1, -0.05) is 12.1 Å². The van der Waals surface area contributed by atoms with Crippen LogP contribution in [0.2, 0.25) is 0 Å². The molecule has 3 aromatic rings. The smallest absolute Gasteiger partial charge is 0.256 e. The first-order chi connectivity index (χ1) is 12.3. The van der Waals surface area contributed by atoms with Crippen molar-refractivity contribution >= 4 is 16.8 Å². The molecular formula is C21H23N3O2. The van der Waals surface area contributed by atoms with Crippen LogP contribution in [0.25, 0.3) is 10.9 Å². The summed E-state index contributed by atoms with van der Waals surface area (Å²) in [6.45, 7) is 8.09. The Kier molecular flexibility index (Phi) is 4.64. The molecule has 5 heteroatoms. The molecule has 26 heavy (non-hydrogen) atoms. The number of amides is 1. The molecule has 3 rings (SSSR count). The number of fused-ring (bicyclic) bond motifs is 1. The summed E-state index contributed by atoms with van der Waals surface area (Å²) in [5.74, 6) is -0.144. The van der Waals surface area contributed by atoms with Crippen molar-refractivity contribution in [2.45, 2.75) is 39.8 Å². The zero-order valence-corrected chi connectivity index (χ0v) is 15.5. The molecular weight excluding hydrogens is 326 g/mol. The van der Waals surface area contributed by atoms with Gasteiger partial charge in [-0.05, 0) is 62.9 Å². The van der Waals surface area contributed by atoms with E-state index in [1.807, 2.05) is 52.0 Å². The fourth-order valence-corrected chi connectivity index (χ4v) is 2.91. The number of nitrogens with zero attached hydrogens (tertiary/aromatic N) is 2. The molecule has 5 nitrogen and oxygen atoms in total. The normalized spacial score (nSPS) is 11.5. The van der Waals surface area contributed by atoms with Crippen molar-refractivity contribution in [3.05, 3.63) is 75.8 Å². The lowest BCUT2D eigenvalue weighted by Crippen LogP contribution is -2.46. The van der Waals surface area contributed by atoms with Gasteiger partial charge in [0.15, 0.2) is 0 Å². The summed E-state index contributed by atoms with van der Waals surface area (Å²) in [5.41, 5.74) is 2.35. The van der Waals surface area contributed by atoms with Crippen LogP contribution in [0, 0.1) is 6.92 Å². The zero-order valence-electron chi connectivity index (χ0n) is 15.5. The molecule has 2 aromatic heterocycles. The largest absolute Gasteiger partial charge is 0.329 e. The minimum Gasteiger partial charge on any atom is -0.329 e. The fourth-order valence-electron chi connectivity index (χ4n) is 2.91. The number of aromatic amines is 1. The van der Waals surface area contributed by atoms with E-state index >= 15 is 0 Å². The standard InChI is InChI=1S/C21H23N3O2/c1-14-7-8-15-11-17(19(25)23-18(15)10-14)13-24(21(2,3)4)20(26)16-6-5-9-22-12-16/h5-12H,13H2,1-4H3,(H,23,25). The van der Waals surface area contributed by atoms with Gasteiger partial charge >= 0.3 is 0 Å². The van der Waals surface area contributed by atoms with Gasteiger partial charge in [0, 0.05) is 29.0 Å². The highest BCUT2D eigenvalue weighted by Crippen LogP contribution is 2.21. The Morgan fingerprint density at radius 1 is 1.19 bits per heavy atom. The molecule has 0 unspecified atom stereocenters. The van der Waals surface area contributed by atoms with Crippen molar-refractivity contribution in [2.24, 2.45) is 0 Å². The Morgan fingerprint density at radius 2 is 1.96 bits per heavy atom. The van der Waals surface area contributed by atoms with Gasteiger partial charge in [0.1, 0.15) is 0 Å². The van der Waals surface area contributed by atoms with E-state index in [1.54, 1.807) is 29.4 Å². The van der Waals surface area contributed by atoms with Crippen LogP contribution in [0.1, 0.15) is 42.3 Å². The number of aromatic nitrogens is 2. The van der Waals surface area contributed by atoms with Crippen molar-refractivity contribution in [3.8, 4) is 0 Å². The van der Waals surface area contributed by atoms with Crippen LogP contribution in [0.5, 0.6) is 0 Å². The Bertz CT molecular complexity index is 1000. The van der Waals surface area contributed by atoms with E-state index < -0.39 is 5.54 Å². The molecule has 0 saturated heterocycles. The highest BCUT2D eigenvalue weighted by molar-refractivity contribution is 5.94. The highest BCUT2D eigenvalue weighted by Gasteiger charge is 2.28. The fraction of sp³-hybridized carbons (Fsp3) is 0.286. The van der Waals surface area contributed by atoms with E-state index in [2.05, 4.69) is 9.97 Å². The number of hydrogen-bond donors (Lipinski definition) is 1. The number of benzene rings is 1. The molecule has 0 aliphatic rings. The third-order valence-electron chi connectivity index (χ3n) is 4.37. The van der Waals surface area contributed by atoms with Crippen LogP contribution in [0.3, 0.4) is 0 Å². The van der Waals surface area contributed by atoms with Crippen molar-refractivity contribution in [3.63, 3.8) is 0 Å². The summed E-state index contributed by atoms with van der Waals surface area (Å²) in [7, 11) is 0. The van der Waals surface area contributed by atoms with Gasteiger partial charge in [0.2, 0.25) is 0 Å². The molecule has 1 aromatic carbocycles. The van der Waals surface area contributed by atoms with Crippen LogP contribution in [0.4, 0.5) is 0 Å². The van der Waals surface area contributed by atoms with Crippen LogP contribution in [0.15, 0.2) is 53.6 Å². The van der Waals surface area contributed by atoms with Crippen LogP contribution in [-0.4, -0.2) is 26.3 Å². The maximum Gasteiger partial charge on any atom is 0.256 e. The number of carbonyl (C=O) groups excluding carboxylic acids is 1. The van der Waals surface area contributed by atoms with Gasteiger partial charge in [-0.25, -0.2) is 0 Å². The molecule has 0 aliphatic heterocycles. The number of hydrogen-bond acceptors (Lipinski definition) is 3. The summed E-state index contributed by atoms with van der Waals surface area (Å²) >= 11 is 0. The number of carbonyl (C=O) groups is 1. The molecule has 0 saturated carbocycles. The second kappa shape index (κ2) is 6.75. The quantitative estimate of drug-likeness (QED) is 0.784. The molecule has 0 bridgehead atoms. The molecule has 0 spiro atoms. The second-order valence-corrected chi connectivity index (χ2v) is 7.52. The summed E-state index contributed by atoms with van der Waals surface area (Å²) in [4.78, 5) is 34.2. The van der Waals surface area contributed by atoms with E-state index in [4.69, 9.17) is 0 Å². The van der Waals surface area contributed by atoms with E-state index in [0.29, 0.717) is 11.1 Å². The van der Waals surface area contributed by atoms with Crippen molar-refractivity contribution < 1.29 is 4.79 Å². The number of H-pyrrole nitrogens is 1. The Hall–Kier alpha value is -2.95. The first-order valence-corrected chi connectivity index (χ1v) is 8.60. The van der Waals surface area contributed by atoms with Crippen LogP contribution in [-0.2, 0) is 6.54 Å². The number of aryl methyl sites for hydroxylation is 1. The van der Waals surface area contributed by atoms with Gasteiger partial charge in [0.25, 0.3) is 11.5 Å². The second-order valence-electron chi connectivity index (χ2n) is 7.52. The molecule has 2 heterocycles. The summed E-state index contributed by atoms with van der Waals surface area (Å²) < 4.78 is 0. The lowest BCUT2D eigenvalue weighted by Gasteiger charge is -2.35. The molecule has 134 valence electrons. The molecule has 1 amide bonds. The Balaban J connectivity index is 2.01. The lowest BCUT2D eigenvalue weighted by molar-refractivity contribution is 0.0557. The van der Waals surface area contributed by atoms with E-state index in [-0.39, 0.29) is 18.0 Å². The minimum absolute atomic E-state index is 0.144. The van der Waals surface area contributed by atoms with Gasteiger partial charge < -0.3 is 9.88 Å². The predicted molar refractivity (Wildman–Crippen MR) is 103 cm³/mol. The molecule has 0 atom stereocenters. The van der Waals surface area contributed by atoms with Gasteiger partial charge in [-0.2, -0.15) is 0 Å². The highest BCUT2D eigenvalue weighted by atomic mass is 16.2. The zero-order chi connectivity index (χ0) is 18.9. The number of rotatable bonds is 3. The van der Waals surface area contributed by atoms with Gasteiger partial charge in [-0.3, -0.25) is 14.6 Å². The third kappa shape index (κ3) is 3.67. The van der Waals surface area contributed by atoms with Crippen LogP contribution >= 0.6 is 0 Å². The lowest BCUT2D eigenvalue weighted by atomic mass is 10.0. The molecule has 0 fully saturated rings. The van der Waals surface area contributed by atoms with Crippen molar-refractivity contribution in [1.82, 2.24) is 14.9 Å². The predicted octanol–water partition coefficient (Wildman–Crippen LogP) is 3.67. The molecule has 0 aliphatic carbocycles. The average Bonchev–Trinajstić information content (AvgIpc) is 2.59. The monoisotopic (exact) mass is 349 g/mol. The van der Waals surface area contributed by atoms with Crippen molar-refractivity contribution in [2.75, 3.05) is 0 Å². The minimum atomic E-state index is -0.443. The van der Waals surface area contributed by atoms with Gasteiger partial charge in [-0.15, -0.1) is 0 Å². The maximum atomic E-state index is 13.0. The Labute approximate surface area is 152 Å². The molecule has 0 radical (unpaired) electrons. The maximum absolute atomic E-state index is 13.0. The number of nitrogens with one attached hydrogen (secondary N) is 1. The SMILES string of the molecule is Cc1ccc2cc(CN(C(=O)c3cccnc3)C(C)(C)C)c(=O)[nH]c2c1. The summed E-state index contributed by atoms with van der Waals surface area (Å²) in [6, 6.07) is 11.3. The van der Waals surface area contributed by atoms with E-state index in [1.165, 1.54) is 0 Å². The summed E-state index contributed by atoms with van der Waals surface area (Å²) in [5, 5.41) is 0.952. The van der Waals surface area contributed by atoms with Crippen molar-refractivity contribution in [1.29, 1.82) is 0 Å². The first kappa shape index (κ1) is 17.9. The van der Waals surface area contributed by atoms with Gasteiger partial charge in [0.05, 0.1) is 12.1 Å². The first-order valence-electron chi connectivity index (χ1n) is 8.60.